The molecule has 0 bridgehead atoms. The molecule has 6 heteroatoms. The van der Waals surface area contributed by atoms with Gasteiger partial charge in [0.25, 0.3) is 5.91 Å². The lowest BCUT2D eigenvalue weighted by Crippen LogP contribution is -2.49. The number of hydrogen-bond donors (Lipinski definition) is 0. The molecule has 1 aliphatic rings. The van der Waals surface area contributed by atoms with Crippen LogP contribution in [0.3, 0.4) is 0 Å². The molecule has 0 aliphatic carbocycles. The SMILES string of the molecule is Cc1nc2ccc(Br)cn2c1C(=O)N1CCN(C/C=C/c2ccccc2)CC1. The van der Waals surface area contributed by atoms with E-state index in [1.807, 2.05) is 52.8 Å². The first-order valence-electron chi connectivity index (χ1n) is 9.49. The van der Waals surface area contributed by atoms with Gasteiger partial charge in [-0.25, -0.2) is 4.98 Å². The smallest absolute Gasteiger partial charge is 0.272 e. The molecule has 1 aliphatic heterocycles. The first kappa shape index (κ1) is 18.9. The van der Waals surface area contributed by atoms with Crippen LogP contribution in [0.15, 0.2) is 59.2 Å². The van der Waals surface area contributed by atoms with Crippen LogP contribution in [0.5, 0.6) is 0 Å². The Bertz CT molecular complexity index is 1000. The van der Waals surface area contributed by atoms with E-state index in [9.17, 15) is 4.79 Å². The normalized spacial score (nSPS) is 15.6. The number of carbonyl (C=O) groups is 1. The maximum absolute atomic E-state index is 13.1. The summed E-state index contributed by atoms with van der Waals surface area (Å²) in [6, 6.07) is 14.2. The molecule has 144 valence electrons. The number of carbonyl (C=O) groups excluding carboxylic acids is 1. The molecule has 0 unspecified atom stereocenters. The van der Waals surface area contributed by atoms with Crippen molar-refractivity contribution in [2.24, 2.45) is 0 Å². The lowest BCUT2D eigenvalue weighted by Gasteiger charge is -2.34. The highest BCUT2D eigenvalue weighted by Gasteiger charge is 2.25. The molecular weight excluding hydrogens is 416 g/mol. The highest BCUT2D eigenvalue weighted by molar-refractivity contribution is 9.10. The number of amides is 1. The van der Waals surface area contributed by atoms with Crippen LogP contribution in [0.2, 0.25) is 0 Å². The van der Waals surface area contributed by atoms with Gasteiger partial charge in [0.2, 0.25) is 0 Å². The highest BCUT2D eigenvalue weighted by Crippen LogP contribution is 2.19. The zero-order chi connectivity index (χ0) is 19.5. The molecule has 1 amide bonds. The Kier molecular flexibility index (Phi) is 5.59. The number of hydrogen-bond acceptors (Lipinski definition) is 3. The Labute approximate surface area is 173 Å². The maximum Gasteiger partial charge on any atom is 0.272 e. The molecule has 0 N–H and O–H groups in total. The lowest BCUT2D eigenvalue weighted by atomic mass is 10.2. The first-order valence-corrected chi connectivity index (χ1v) is 10.3. The van der Waals surface area contributed by atoms with E-state index in [4.69, 9.17) is 0 Å². The monoisotopic (exact) mass is 438 g/mol. The number of pyridine rings is 1. The summed E-state index contributed by atoms with van der Waals surface area (Å²) in [6.45, 7) is 6.03. The minimum absolute atomic E-state index is 0.0579. The van der Waals surface area contributed by atoms with Gasteiger partial charge in [-0.05, 0) is 40.5 Å². The van der Waals surface area contributed by atoms with Crippen LogP contribution in [0.1, 0.15) is 21.7 Å². The summed E-state index contributed by atoms with van der Waals surface area (Å²) in [5, 5.41) is 0. The van der Waals surface area contributed by atoms with Gasteiger partial charge in [-0.1, -0.05) is 42.5 Å². The number of halogens is 1. The molecule has 4 rings (SSSR count). The third kappa shape index (κ3) is 4.03. The number of aryl methyl sites for hydroxylation is 1. The second kappa shape index (κ2) is 8.29. The van der Waals surface area contributed by atoms with Crippen LogP contribution >= 0.6 is 15.9 Å². The van der Waals surface area contributed by atoms with Crippen molar-refractivity contribution >= 4 is 33.6 Å². The van der Waals surface area contributed by atoms with Gasteiger partial charge in [-0.3, -0.25) is 14.1 Å². The molecule has 1 aromatic carbocycles. The van der Waals surface area contributed by atoms with Crippen LogP contribution in [0.25, 0.3) is 11.7 Å². The summed E-state index contributed by atoms with van der Waals surface area (Å²) >= 11 is 3.48. The number of piperazine rings is 1. The number of aromatic nitrogens is 2. The van der Waals surface area contributed by atoms with Crippen molar-refractivity contribution in [3.05, 3.63) is 76.2 Å². The van der Waals surface area contributed by atoms with E-state index in [1.165, 1.54) is 5.56 Å². The molecule has 2 aromatic heterocycles. The molecule has 3 aromatic rings. The van der Waals surface area contributed by atoms with Gasteiger partial charge in [0.15, 0.2) is 0 Å². The largest absolute Gasteiger partial charge is 0.335 e. The number of imidazole rings is 1. The fourth-order valence-electron chi connectivity index (χ4n) is 3.58. The van der Waals surface area contributed by atoms with Crippen molar-refractivity contribution in [3.8, 4) is 0 Å². The summed E-state index contributed by atoms with van der Waals surface area (Å²) in [5.41, 5.74) is 3.45. The fraction of sp³-hybridized carbons (Fsp3) is 0.273. The topological polar surface area (TPSA) is 40.9 Å². The Morgan fingerprint density at radius 1 is 1.11 bits per heavy atom. The van der Waals surface area contributed by atoms with Crippen LogP contribution in [0, 0.1) is 6.92 Å². The molecular formula is C22H23BrN4O. The van der Waals surface area contributed by atoms with E-state index in [2.05, 4.69) is 50.1 Å². The van der Waals surface area contributed by atoms with Crippen molar-refractivity contribution in [1.82, 2.24) is 19.2 Å². The third-order valence-corrected chi connectivity index (χ3v) is 5.56. The zero-order valence-corrected chi connectivity index (χ0v) is 17.5. The standard InChI is InChI=1S/C22H23BrN4O/c1-17-21(27-16-19(23)9-10-20(27)24-17)22(28)26-14-12-25(13-15-26)11-5-8-18-6-3-2-4-7-18/h2-10,16H,11-15H2,1H3/b8-5+. The zero-order valence-electron chi connectivity index (χ0n) is 15.9. The Balaban J connectivity index is 1.39. The third-order valence-electron chi connectivity index (χ3n) is 5.09. The maximum atomic E-state index is 13.1. The summed E-state index contributed by atoms with van der Waals surface area (Å²) in [7, 11) is 0. The van der Waals surface area contributed by atoms with Crippen LogP contribution in [-0.4, -0.2) is 57.8 Å². The molecule has 0 atom stereocenters. The number of rotatable bonds is 4. The predicted molar refractivity (Wildman–Crippen MR) is 115 cm³/mol. The second-order valence-electron chi connectivity index (χ2n) is 7.03. The highest BCUT2D eigenvalue weighted by atomic mass is 79.9. The summed E-state index contributed by atoms with van der Waals surface area (Å²) < 4.78 is 2.82. The molecule has 3 heterocycles. The van der Waals surface area contributed by atoms with Crippen LogP contribution in [-0.2, 0) is 0 Å². The molecule has 1 saturated heterocycles. The summed E-state index contributed by atoms with van der Waals surface area (Å²) in [5.74, 6) is 0.0579. The van der Waals surface area contributed by atoms with Gasteiger partial charge in [0.05, 0.1) is 5.69 Å². The summed E-state index contributed by atoms with van der Waals surface area (Å²) in [4.78, 5) is 22.0. The Morgan fingerprint density at radius 3 is 2.61 bits per heavy atom. The van der Waals surface area contributed by atoms with E-state index in [0.717, 1.165) is 48.5 Å². The van der Waals surface area contributed by atoms with Crippen molar-refractivity contribution in [2.75, 3.05) is 32.7 Å². The van der Waals surface area contributed by atoms with E-state index < -0.39 is 0 Å². The minimum Gasteiger partial charge on any atom is -0.335 e. The van der Waals surface area contributed by atoms with Gasteiger partial charge >= 0.3 is 0 Å². The number of benzene rings is 1. The quantitative estimate of drug-likeness (QED) is 0.620. The van der Waals surface area contributed by atoms with Crippen molar-refractivity contribution in [1.29, 1.82) is 0 Å². The average Bonchev–Trinajstić information content (AvgIpc) is 3.04. The van der Waals surface area contributed by atoms with E-state index in [0.29, 0.717) is 5.69 Å². The lowest BCUT2D eigenvalue weighted by molar-refractivity contribution is 0.0642. The molecule has 0 spiro atoms. The first-order chi connectivity index (χ1) is 13.6. The van der Waals surface area contributed by atoms with Crippen molar-refractivity contribution in [3.63, 3.8) is 0 Å². The van der Waals surface area contributed by atoms with E-state index >= 15 is 0 Å². The Morgan fingerprint density at radius 2 is 1.86 bits per heavy atom. The van der Waals surface area contributed by atoms with Gasteiger partial charge in [0, 0.05) is 43.4 Å². The van der Waals surface area contributed by atoms with Crippen LogP contribution < -0.4 is 0 Å². The minimum atomic E-state index is 0.0579. The summed E-state index contributed by atoms with van der Waals surface area (Å²) in [6.07, 6.45) is 6.25. The van der Waals surface area contributed by atoms with Crippen molar-refractivity contribution in [2.45, 2.75) is 6.92 Å². The number of nitrogens with zero attached hydrogens (tertiary/aromatic N) is 4. The molecule has 0 radical (unpaired) electrons. The predicted octanol–water partition coefficient (Wildman–Crippen LogP) is 3.88. The van der Waals surface area contributed by atoms with Crippen LogP contribution in [0.4, 0.5) is 0 Å². The van der Waals surface area contributed by atoms with Gasteiger partial charge < -0.3 is 4.90 Å². The molecule has 1 fully saturated rings. The molecule has 0 saturated carbocycles. The second-order valence-corrected chi connectivity index (χ2v) is 7.94. The van der Waals surface area contributed by atoms with E-state index in [-0.39, 0.29) is 5.91 Å². The van der Waals surface area contributed by atoms with Crippen molar-refractivity contribution < 1.29 is 4.79 Å². The number of fused-ring (bicyclic) bond motifs is 1. The van der Waals surface area contributed by atoms with Gasteiger partial charge in [0.1, 0.15) is 11.3 Å². The molecule has 28 heavy (non-hydrogen) atoms. The van der Waals surface area contributed by atoms with Gasteiger partial charge in [-0.2, -0.15) is 0 Å². The van der Waals surface area contributed by atoms with E-state index in [1.54, 1.807) is 0 Å². The van der Waals surface area contributed by atoms with Gasteiger partial charge in [-0.15, -0.1) is 0 Å². The average molecular weight is 439 g/mol. The fourth-order valence-corrected chi connectivity index (χ4v) is 3.92. The molecule has 5 nitrogen and oxygen atoms in total. The Hall–Kier alpha value is -2.44.